The van der Waals surface area contributed by atoms with Gasteiger partial charge < -0.3 is 29.4 Å². The van der Waals surface area contributed by atoms with E-state index in [4.69, 9.17) is 18.9 Å². The highest BCUT2D eigenvalue weighted by Gasteiger charge is 2.58. The van der Waals surface area contributed by atoms with Crippen LogP contribution in [0.15, 0.2) is 78.9 Å². The summed E-state index contributed by atoms with van der Waals surface area (Å²) in [6.45, 7) is 5.79. The number of amides is 1. The second kappa shape index (κ2) is 16.0. The van der Waals surface area contributed by atoms with Gasteiger partial charge in [-0.3, -0.25) is 0 Å². The van der Waals surface area contributed by atoms with E-state index in [1.165, 1.54) is 44.9 Å². The molecule has 7 nitrogen and oxygen atoms in total. The Kier molecular flexibility index (Phi) is 11.4. The molecule has 3 aromatic rings. The molecule has 53 heavy (non-hydrogen) atoms. The van der Waals surface area contributed by atoms with Gasteiger partial charge in [0.15, 0.2) is 0 Å². The minimum atomic E-state index is -0.940. The third-order valence-electron chi connectivity index (χ3n) is 14.4. The number of benzene rings is 3. The van der Waals surface area contributed by atoms with Gasteiger partial charge in [-0.1, -0.05) is 74.9 Å². The van der Waals surface area contributed by atoms with E-state index < -0.39 is 11.7 Å². The van der Waals surface area contributed by atoms with Crippen LogP contribution < -0.4 is 14.8 Å². The van der Waals surface area contributed by atoms with Crippen LogP contribution in [-0.2, 0) is 15.1 Å². The summed E-state index contributed by atoms with van der Waals surface area (Å²) in [4.78, 5) is 13.0. The predicted molar refractivity (Wildman–Crippen MR) is 208 cm³/mol. The van der Waals surface area contributed by atoms with Crippen LogP contribution in [0, 0.1) is 34.5 Å². The molecular formula is C46H61NO6. The molecule has 4 fully saturated rings. The molecule has 1 amide bonds. The fourth-order valence-corrected chi connectivity index (χ4v) is 11.4. The van der Waals surface area contributed by atoms with Crippen LogP contribution in [-0.4, -0.2) is 50.8 Å². The predicted octanol–water partition coefficient (Wildman–Crippen LogP) is 9.68. The van der Waals surface area contributed by atoms with Crippen molar-refractivity contribution in [2.24, 2.45) is 34.5 Å². The van der Waals surface area contributed by atoms with Gasteiger partial charge >= 0.3 is 6.09 Å². The SMILES string of the molecule is COc1ccc(C(OCCC(O)CCNC(=O)O[C@@H]2CCC3(C)C(CCC4C3CC[C@@]3(C)CCCC43)C2)(c2ccccc2)c2ccc(OC)cc2)cc1. The Labute approximate surface area is 317 Å². The van der Waals surface area contributed by atoms with Gasteiger partial charge in [0.05, 0.1) is 26.9 Å². The summed E-state index contributed by atoms with van der Waals surface area (Å²) in [5.74, 6) is 4.82. The molecule has 4 aliphatic rings. The lowest BCUT2D eigenvalue weighted by molar-refractivity contribution is -0.121. The van der Waals surface area contributed by atoms with Gasteiger partial charge in [0.2, 0.25) is 0 Å². The maximum Gasteiger partial charge on any atom is 0.407 e. The number of nitrogens with one attached hydrogen (secondary N) is 1. The molecule has 0 radical (unpaired) electrons. The van der Waals surface area contributed by atoms with E-state index in [1.54, 1.807) is 14.2 Å². The molecule has 0 bridgehead atoms. The molecule has 0 aliphatic heterocycles. The molecule has 7 heteroatoms. The second-order valence-corrected chi connectivity index (χ2v) is 17.1. The first-order chi connectivity index (χ1) is 25.7. The van der Waals surface area contributed by atoms with Gasteiger partial charge in [-0.25, -0.2) is 4.79 Å². The maximum absolute atomic E-state index is 13.0. The fraction of sp³-hybridized carbons (Fsp3) is 0.587. The van der Waals surface area contributed by atoms with Crippen molar-refractivity contribution in [2.45, 2.75) is 109 Å². The minimum absolute atomic E-state index is 0.0229. The monoisotopic (exact) mass is 723 g/mol. The second-order valence-electron chi connectivity index (χ2n) is 17.1. The van der Waals surface area contributed by atoms with Gasteiger partial charge in [-0.05, 0) is 146 Å². The summed E-state index contributed by atoms with van der Waals surface area (Å²) in [6, 6.07) is 26.0. The average molecular weight is 724 g/mol. The first kappa shape index (κ1) is 37.8. The maximum atomic E-state index is 13.0. The molecule has 0 saturated heterocycles. The number of aliphatic hydroxyl groups excluding tert-OH is 1. The van der Waals surface area contributed by atoms with Crippen LogP contribution in [0.2, 0.25) is 0 Å². The van der Waals surface area contributed by atoms with Crippen molar-refractivity contribution in [3.63, 3.8) is 0 Å². The minimum Gasteiger partial charge on any atom is -0.497 e. The van der Waals surface area contributed by atoms with Gasteiger partial charge in [0.1, 0.15) is 23.2 Å². The molecular weight excluding hydrogens is 663 g/mol. The number of hydrogen-bond donors (Lipinski definition) is 2. The van der Waals surface area contributed by atoms with Gasteiger partial charge in [0, 0.05) is 6.54 Å². The zero-order valence-corrected chi connectivity index (χ0v) is 32.4. The number of carbonyl (C=O) groups is 1. The number of aliphatic hydroxyl groups is 1. The number of fused-ring (bicyclic) bond motifs is 5. The quantitative estimate of drug-likeness (QED) is 0.171. The molecule has 8 atom stereocenters. The fourth-order valence-electron chi connectivity index (χ4n) is 11.4. The largest absolute Gasteiger partial charge is 0.497 e. The van der Waals surface area contributed by atoms with Gasteiger partial charge in [0.25, 0.3) is 0 Å². The number of alkyl carbamates (subject to hydrolysis) is 1. The van der Waals surface area contributed by atoms with Crippen LogP contribution in [0.25, 0.3) is 0 Å². The van der Waals surface area contributed by atoms with Crippen LogP contribution in [0.1, 0.15) is 108 Å². The first-order valence-electron chi connectivity index (χ1n) is 20.3. The number of hydrogen-bond acceptors (Lipinski definition) is 6. The molecule has 4 saturated carbocycles. The highest BCUT2D eigenvalue weighted by molar-refractivity contribution is 5.67. The Morgan fingerprint density at radius 3 is 2.11 bits per heavy atom. The molecule has 6 unspecified atom stereocenters. The lowest BCUT2D eigenvalue weighted by Gasteiger charge is -2.60. The van der Waals surface area contributed by atoms with Crippen molar-refractivity contribution in [1.82, 2.24) is 5.32 Å². The normalized spacial score (nSPS) is 29.9. The van der Waals surface area contributed by atoms with Crippen LogP contribution in [0.4, 0.5) is 4.79 Å². The van der Waals surface area contributed by atoms with Crippen molar-refractivity contribution in [2.75, 3.05) is 27.4 Å². The molecule has 4 aliphatic carbocycles. The third kappa shape index (κ3) is 7.58. The molecule has 286 valence electrons. The highest BCUT2D eigenvalue weighted by Crippen LogP contribution is 2.66. The lowest BCUT2D eigenvalue weighted by Crippen LogP contribution is -2.53. The van der Waals surface area contributed by atoms with Crippen LogP contribution in [0.5, 0.6) is 11.5 Å². The Morgan fingerprint density at radius 2 is 1.45 bits per heavy atom. The van der Waals surface area contributed by atoms with E-state index in [0.29, 0.717) is 42.7 Å². The zero-order valence-electron chi connectivity index (χ0n) is 32.4. The van der Waals surface area contributed by atoms with Crippen molar-refractivity contribution in [3.8, 4) is 11.5 Å². The Morgan fingerprint density at radius 1 is 0.792 bits per heavy atom. The summed E-state index contributed by atoms with van der Waals surface area (Å²) in [5.41, 5.74) is 2.89. The topological polar surface area (TPSA) is 86.2 Å². The highest BCUT2D eigenvalue weighted by atomic mass is 16.6. The zero-order chi connectivity index (χ0) is 37.1. The van der Waals surface area contributed by atoms with E-state index in [9.17, 15) is 9.90 Å². The molecule has 2 N–H and O–H groups in total. The summed E-state index contributed by atoms with van der Waals surface area (Å²) >= 11 is 0. The van der Waals surface area contributed by atoms with E-state index >= 15 is 0 Å². The first-order valence-corrected chi connectivity index (χ1v) is 20.3. The summed E-state index contributed by atoms with van der Waals surface area (Å²) < 4.78 is 23.8. The van der Waals surface area contributed by atoms with E-state index in [-0.39, 0.29) is 12.2 Å². The van der Waals surface area contributed by atoms with Crippen LogP contribution in [0.3, 0.4) is 0 Å². The molecule has 3 aromatic carbocycles. The van der Waals surface area contributed by atoms with E-state index in [0.717, 1.165) is 65.2 Å². The van der Waals surface area contributed by atoms with E-state index in [1.807, 2.05) is 66.7 Å². The van der Waals surface area contributed by atoms with Crippen LogP contribution >= 0.6 is 0 Å². The summed E-state index contributed by atoms with van der Waals surface area (Å²) in [6.07, 6.45) is 12.6. The van der Waals surface area contributed by atoms with Crippen molar-refractivity contribution < 1.29 is 28.8 Å². The summed E-state index contributed by atoms with van der Waals surface area (Å²) in [5, 5.41) is 14.0. The third-order valence-corrected chi connectivity index (χ3v) is 14.4. The Bertz CT molecular complexity index is 1600. The molecule has 0 spiro atoms. The number of ether oxygens (including phenoxy) is 4. The van der Waals surface area contributed by atoms with Crippen molar-refractivity contribution >= 4 is 6.09 Å². The van der Waals surface area contributed by atoms with Crippen molar-refractivity contribution in [3.05, 3.63) is 95.6 Å². The van der Waals surface area contributed by atoms with Crippen molar-refractivity contribution in [1.29, 1.82) is 0 Å². The van der Waals surface area contributed by atoms with E-state index in [2.05, 4.69) is 31.3 Å². The Hall–Kier alpha value is -3.55. The number of rotatable bonds is 13. The lowest BCUT2D eigenvalue weighted by atomic mass is 9.45. The molecule has 0 aromatic heterocycles. The molecule has 7 rings (SSSR count). The average Bonchev–Trinajstić information content (AvgIpc) is 3.59. The summed E-state index contributed by atoms with van der Waals surface area (Å²) in [7, 11) is 3.32. The Balaban J connectivity index is 0.923. The van der Waals surface area contributed by atoms with Gasteiger partial charge in [-0.15, -0.1) is 0 Å². The smallest absolute Gasteiger partial charge is 0.407 e. The molecule has 0 heterocycles. The number of methoxy groups -OCH3 is 2. The standard InChI is InChI=1S/C46H61NO6/c1-44-26-8-11-41(44)40-21-16-35-31-39(22-28-45(35,2)42(40)23-27-44)53-43(49)47-29-24-36(48)25-30-52-46(32-9-6-5-7-10-32,33-12-17-37(50-3)18-13-33)34-14-19-38(51-4)20-15-34/h5-7,9-10,12-15,17-20,35-36,39-42,48H,8,11,16,21-31H2,1-4H3,(H,47,49)/t35?,36?,39-,40?,41?,42?,44-,45?/m1/s1. The number of carbonyl (C=O) groups excluding carboxylic acids is 1. The van der Waals surface area contributed by atoms with Gasteiger partial charge in [-0.2, -0.15) is 0 Å².